The Kier molecular flexibility index (Phi) is 5.00. The SMILES string of the molecule is NC(=O)Cc1csc(NC(=O)CCN=C2NS(=O)(=O)c3ccccc32)n1. The molecule has 11 heteroatoms. The number of nitrogens with one attached hydrogen (secondary N) is 2. The number of amides is 2. The Morgan fingerprint density at radius 2 is 2.08 bits per heavy atom. The molecule has 2 aromatic rings. The van der Waals surface area contributed by atoms with Crippen molar-refractivity contribution < 1.29 is 18.0 Å². The molecule has 1 aliphatic heterocycles. The maximum atomic E-state index is 12.0. The minimum atomic E-state index is -3.59. The Balaban J connectivity index is 1.58. The maximum absolute atomic E-state index is 12.0. The lowest BCUT2D eigenvalue weighted by Gasteiger charge is -2.01. The average molecular weight is 393 g/mol. The first-order chi connectivity index (χ1) is 12.3. The van der Waals surface area contributed by atoms with Crippen molar-refractivity contribution >= 4 is 44.1 Å². The number of aromatic nitrogens is 1. The van der Waals surface area contributed by atoms with Gasteiger partial charge < -0.3 is 11.1 Å². The molecule has 0 fully saturated rings. The van der Waals surface area contributed by atoms with E-state index in [0.717, 1.165) is 0 Å². The molecule has 4 N–H and O–H groups in total. The third-order valence-corrected chi connectivity index (χ3v) is 5.63. The number of aliphatic imine (C=N–C) groups is 1. The van der Waals surface area contributed by atoms with Crippen LogP contribution in [0.4, 0.5) is 5.13 Å². The number of carbonyl (C=O) groups is 2. The molecule has 0 aliphatic carbocycles. The van der Waals surface area contributed by atoms with Gasteiger partial charge in [-0.15, -0.1) is 11.3 Å². The quantitative estimate of drug-likeness (QED) is 0.644. The number of benzene rings is 1. The smallest absolute Gasteiger partial charge is 0.263 e. The van der Waals surface area contributed by atoms with Gasteiger partial charge in [-0.05, 0) is 12.1 Å². The summed E-state index contributed by atoms with van der Waals surface area (Å²) in [7, 11) is -3.59. The first-order valence-electron chi connectivity index (χ1n) is 7.54. The molecular weight excluding hydrogens is 378 g/mol. The number of thiazole rings is 1. The third-order valence-electron chi connectivity index (χ3n) is 3.42. The fourth-order valence-corrected chi connectivity index (χ4v) is 4.30. The van der Waals surface area contributed by atoms with Crippen LogP contribution in [0.15, 0.2) is 39.5 Å². The number of nitrogens with zero attached hydrogens (tertiary/aromatic N) is 2. The highest BCUT2D eigenvalue weighted by molar-refractivity contribution is 7.90. The summed E-state index contributed by atoms with van der Waals surface area (Å²) < 4.78 is 26.3. The summed E-state index contributed by atoms with van der Waals surface area (Å²) in [5.41, 5.74) is 6.07. The predicted octanol–water partition coefficient (Wildman–Crippen LogP) is 0.238. The monoisotopic (exact) mass is 393 g/mol. The van der Waals surface area contributed by atoms with Crippen molar-refractivity contribution in [3.05, 3.63) is 40.9 Å². The number of carbonyl (C=O) groups excluding carboxylic acids is 2. The van der Waals surface area contributed by atoms with E-state index in [1.165, 1.54) is 17.4 Å². The first-order valence-corrected chi connectivity index (χ1v) is 9.90. The van der Waals surface area contributed by atoms with Gasteiger partial charge in [-0.25, -0.2) is 13.4 Å². The molecule has 136 valence electrons. The van der Waals surface area contributed by atoms with Gasteiger partial charge in [0.25, 0.3) is 10.0 Å². The molecule has 0 spiro atoms. The zero-order valence-electron chi connectivity index (χ0n) is 13.4. The Morgan fingerprint density at radius 3 is 2.85 bits per heavy atom. The Labute approximate surface area is 153 Å². The van der Waals surface area contributed by atoms with E-state index in [1.807, 2.05) is 0 Å². The van der Waals surface area contributed by atoms with Crippen LogP contribution in [-0.4, -0.2) is 37.6 Å². The van der Waals surface area contributed by atoms with Gasteiger partial charge in [0.1, 0.15) is 5.84 Å². The highest BCUT2D eigenvalue weighted by Crippen LogP contribution is 2.22. The van der Waals surface area contributed by atoms with Crippen molar-refractivity contribution in [3.63, 3.8) is 0 Å². The Morgan fingerprint density at radius 1 is 1.31 bits per heavy atom. The summed E-state index contributed by atoms with van der Waals surface area (Å²) in [6.07, 6.45) is 0.0672. The van der Waals surface area contributed by atoms with Gasteiger partial charge >= 0.3 is 0 Å². The highest BCUT2D eigenvalue weighted by Gasteiger charge is 2.29. The summed E-state index contributed by atoms with van der Waals surface area (Å²) in [5, 5.41) is 4.61. The maximum Gasteiger partial charge on any atom is 0.263 e. The van der Waals surface area contributed by atoms with E-state index in [9.17, 15) is 18.0 Å². The van der Waals surface area contributed by atoms with Crippen LogP contribution in [0.2, 0.25) is 0 Å². The molecule has 3 rings (SSSR count). The molecule has 2 amide bonds. The van der Waals surface area contributed by atoms with E-state index in [0.29, 0.717) is 16.4 Å². The second-order valence-electron chi connectivity index (χ2n) is 5.42. The van der Waals surface area contributed by atoms with Crippen LogP contribution >= 0.6 is 11.3 Å². The van der Waals surface area contributed by atoms with Crippen molar-refractivity contribution in [2.24, 2.45) is 10.7 Å². The summed E-state index contributed by atoms with van der Waals surface area (Å²) >= 11 is 1.19. The van der Waals surface area contributed by atoms with Crippen LogP contribution in [0.25, 0.3) is 0 Å². The number of anilines is 1. The number of hydrogen-bond acceptors (Lipinski definition) is 7. The summed E-state index contributed by atoms with van der Waals surface area (Å²) in [6, 6.07) is 6.51. The van der Waals surface area contributed by atoms with Crippen LogP contribution in [0.5, 0.6) is 0 Å². The van der Waals surface area contributed by atoms with Crippen LogP contribution < -0.4 is 15.8 Å². The van der Waals surface area contributed by atoms with E-state index >= 15 is 0 Å². The highest BCUT2D eigenvalue weighted by atomic mass is 32.2. The molecule has 0 bridgehead atoms. The number of fused-ring (bicyclic) bond motifs is 1. The number of rotatable bonds is 6. The number of sulfonamides is 1. The summed E-state index contributed by atoms with van der Waals surface area (Å²) in [6.45, 7) is 0.109. The topological polar surface area (TPSA) is 144 Å². The van der Waals surface area contributed by atoms with E-state index < -0.39 is 15.9 Å². The van der Waals surface area contributed by atoms with Crippen LogP contribution in [0.3, 0.4) is 0 Å². The normalized spacial score (nSPS) is 16.1. The Bertz CT molecular complexity index is 997. The van der Waals surface area contributed by atoms with Crippen molar-refractivity contribution in [2.45, 2.75) is 17.7 Å². The van der Waals surface area contributed by atoms with E-state index in [2.05, 4.69) is 20.0 Å². The minimum Gasteiger partial charge on any atom is -0.369 e. The summed E-state index contributed by atoms with van der Waals surface area (Å²) in [5.74, 6) is -0.585. The number of amidine groups is 1. The Hall–Kier alpha value is -2.79. The van der Waals surface area contributed by atoms with Crippen LogP contribution in [-0.2, 0) is 26.0 Å². The minimum absolute atomic E-state index is 0.0135. The molecule has 0 saturated heterocycles. The van der Waals surface area contributed by atoms with Crippen LogP contribution in [0, 0.1) is 0 Å². The summed E-state index contributed by atoms with van der Waals surface area (Å²) in [4.78, 5) is 31.2. The molecule has 1 aromatic carbocycles. The van der Waals surface area contributed by atoms with Gasteiger partial charge in [0.05, 0.1) is 23.6 Å². The van der Waals surface area contributed by atoms with Gasteiger partial charge in [0.15, 0.2) is 5.13 Å². The number of hydrogen-bond donors (Lipinski definition) is 3. The van der Waals surface area contributed by atoms with Crippen LogP contribution in [0.1, 0.15) is 17.7 Å². The molecule has 9 nitrogen and oxygen atoms in total. The van der Waals surface area contributed by atoms with Crippen molar-refractivity contribution in [1.29, 1.82) is 0 Å². The second kappa shape index (κ2) is 7.22. The second-order valence-corrected chi connectivity index (χ2v) is 7.93. The molecule has 1 aliphatic rings. The fraction of sp³-hybridized carbons (Fsp3) is 0.200. The molecule has 0 radical (unpaired) electrons. The lowest BCUT2D eigenvalue weighted by molar-refractivity contribution is -0.117. The lowest BCUT2D eigenvalue weighted by atomic mass is 10.2. The van der Waals surface area contributed by atoms with Crippen molar-refractivity contribution in [1.82, 2.24) is 9.71 Å². The third kappa shape index (κ3) is 4.06. The van der Waals surface area contributed by atoms with Gasteiger partial charge in [-0.3, -0.25) is 19.3 Å². The molecule has 0 saturated carbocycles. The standard InChI is InChI=1S/C15H15N5O4S2/c16-12(21)7-9-8-25-15(18-9)19-13(22)5-6-17-14-10-3-1-2-4-11(10)26(23,24)20-14/h1-4,8H,5-7H2,(H2,16,21)(H,17,20)(H,18,19,22). The largest absolute Gasteiger partial charge is 0.369 e. The lowest BCUT2D eigenvalue weighted by Crippen LogP contribution is -2.23. The molecule has 26 heavy (non-hydrogen) atoms. The van der Waals surface area contributed by atoms with Gasteiger partial charge in [0, 0.05) is 17.4 Å². The van der Waals surface area contributed by atoms with Gasteiger partial charge in [0.2, 0.25) is 11.8 Å². The molecular formula is C15H15N5O4S2. The molecule has 0 atom stereocenters. The first kappa shape index (κ1) is 18.0. The van der Waals surface area contributed by atoms with Crippen molar-refractivity contribution in [2.75, 3.05) is 11.9 Å². The van der Waals surface area contributed by atoms with Gasteiger partial charge in [-0.2, -0.15) is 0 Å². The van der Waals surface area contributed by atoms with E-state index in [-0.39, 0.29) is 36.0 Å². The molecule has 1 aromatic heterocycles. The molecule has 0 unspecified atom stereocenters. The number of nitrogens with two attached hydrogens (primary N) is 1. The zero-order chi connectivity index (χ0) is 18.7. The average Bonchev–Trinajstić information content (AvgIpc) is 3.09. The van der Waals surface area contributed by atoms with E-state index in [1.54, 1.807) is 23.6 Å². The predicted molar refractivity (Wildman–Crippen MR) is 96.4 cm³/mol. The number of primary amides is 1. The van der Waals surface area contributed by atoms with Crippen molar-refractivity contribution in [3.8, 4) is 0 Å². The van der Waals surface area contributed by atoms with E-state index in [4.69, 9.17) is 5.73 Å². The zero-order valence-corrected chi connectivity index (χ0v) is 15.1. The fourth-order valence-electron chi connectivity index (χ4n) is 2.33. The van der Waals surface area contributed by atoms with Gasteiger partial charge in [-0.1, -0.05) is 12.1 Å². The molecule has 2 heterocycles.